The molecular formula is C20H19N5O5. The summed E-state index contributed by atoms with van der Waals surface area (Å²) < 4.78 is 1.74. The van der Waals surface area contributed by atoms with E-state index in [0.717, 1.165) is 29.3 Å². The van der Waals surface area contributed by atoms with Gasteiger partial charge in [-0.05, 0) is 26.3 Å². The number of aromatic nitrogens is 2. The van der Waals surface area contributed by atoms with Gasteiger partial charge in [-0.15, -0.1) is 0 Å². The molecule has 1 amide bonds. The minimum absolute atomic E-state index is 0.180. The van der Waals surface area contributed by atoms with Crippen molar-refractivity contribution in [1.82, 2.24) is 9.78 Å². The van der Waals surface area contributed by atoms with Gasteiger partial charge in [0.1, 0.15) is 0 Å². The highest BCUT2D eigenvalue weighted by Crippen LogP contribution is 2.25. The highest BCUT2D eigenvalue weighted by molar-refractivity contribution is 6.05. The molecule has 0 fully saturated rings. The molecule has 1 N–H and O–H groups in total. The van der Waals surface area contributed by atoms with E-state index < -0.39 is 27.1 Å². The molecule has 0 spiro atoms. The molecule has 3 aromatic rings. The van der Waals surface area contributed by atoms with Gasteiger partial charge in [0, 0.05) is 12.1 Å². The van der Waals surface area contributed by atoms with Gasteiger partial charge in [0.2, 0.25) is 0 Å². The van der Waals surface area contributed by atoms with Gasteiger partial charge in [0.25, 0.3) is 17.3 Å². The van der Waals surface area contributed by atoms with Gasteiger partial charge in [0.15, 0.2) is 0 Å². The van der Waals surface area contributed by atoms with Crippen molar-refractivity contribution in [1.29, 1.82) is 0 Å². The maximum absolute atomic E-state index is 12.7. The molecule has 0 atom stereocenters. The molecule has 3 rings (SSSR count). The number of nitro benzene ring substituents is 2. The van der Waals surface area contributed by atoms with Crippen LogP contribution in [-0.2, 0) is 6.54 Å². The highest BCUT2D eigenvalue weighted by Gasteiger charge is 2.22. The first-order chi connectivity index (χ1) is 14.2. The number of nitrogens with one attached hydrogen (secondary N) is 1. The van der Waals surface area contributed by atoms with Crippen molar-refractivity contribution >= 4 is 23.0 Å². The Kier molecular flexibility index (Phi) is 5.58. The summed E-state index contributed by atoms with van der Waals surface area (Å²) in [5, 5.41) is 29.2. The van der Waals surface area contributed by atoms with E-state index in [1.165, 1.54) is 0 Å². The number of hydrogen-bond donors (Lipinski definition) is 1. The zero-order chi connectivity index (χ0) is 22.0. The standard InChI is InChI=1S/C20H19N5O5/c1-12-4-6-15(7-5-12)11-23-14(3)19(13(2)22-23)21-20(26)16-8-17(24(27)28)10-18(9-16)25(29)30/h4-10H,11H2,1-3H3,(H,21,26). The number of carbonyl (C=O) groups excluding carboxylic acids is 1. The summed E-state index contributed by atoms with van der Waals surface area (Å²) >= 11 is 0. The second kappa shape index (κ2) is 8.11. The molecule has 0 aliphatic carbocycles. The fourth-order valence-corrected chi connectivity index (χ4v) is 3.02. The Labute approximate surface area is 171 Å². The minimum Gasteiger partial charge on any atom is -0.319 e. The molecule has 0 aliphatic heterocycles. The Balaban J connectivity index is 1.88. The summed E-state index contributed by atoms with van der Waals surface area (Å²) in [7, 11) is 0. The number of hydrogen-bond acceptors (Lipinski definition) is 6. The predicted octanol–water partition coefficient (Wildman–Crippen LogP) is 3.93. The van der Waals surface area contributed by atoms with Gasteiger partial charge in [0.05, 0.1) is 45.1 Å². The van der Waals surface area contributed by atoms with Crippen LogP contribution < -0.4 is 5.32 Å². The third-order valence-electron chi connectivity index (χ3n) is 4.66. The van der Waals surface area contributed by atoms with E-state index in [1.807, 2.05) is 31.2 Å². The molecule has 0 saturated carbocycles. The molecule has 1 aromatic heterocycles. The zero-order valence-corrected chi connectivity index (χ0v) is 16.6. The number of non-ortho nitro benzene ring substituents is 2. The van der Waals surface area contributed by atoms with E-state index in [0.29, 0.717) is 23.6 Å². The molecule has 0 bridgehead atoms. The number of rotatable bonds is 6. The molecule has 0 radical (unpaired) electrons. The van der Waals surface area contributed by atoms with Gasteiger partial charge in [-0.3, -0.25) is 29.7 Å². The average Bonchev–Trinajstić information content (AvgIpc) is 2.96. The predicted molar refractivity (Wildman–Crippen MR) is 110 cm³/mol. The van der Waals surface area contributed by atoms with E-state index >= 15 is 0 Å². The zero-order valence-electron chi connectivity index (χ0n) is 16.6. The van der Waals surface area contributed by atoms with Crippen LogP contribution in [0.3, 0.4) is 0 Å². The Bertz CT molecular complexity index is 1120. The molecule has 0 saturated heterocycles. The summed E-state index contributed by atoms with van der Waals surface area (Å²) in [6, 6.07) is 10.8. The van der Waals surface area contributed by atoms with E-state index in [9.17, 15) is 25.0 Å². The molecule has 10 nitrogen and oxygen atoms in total. The molecule has 0 aliphatic rings. The number of amides is 1. The molecule has 10 heteroatoms. The number of benzene rings is 2. The van der Waals surface area contributed by atoms with Crippen molar-refractivity contribution in [3.05, 3.63) is 90.8 Å². The van der Waals surface area contributed by atoms with Crippen molar-refractivity contribution in [2.24, 2.45) is 0 Å². The lowest BCUT2D eigenvalue weighted by atomic mass is 10.1. The quantitative estimate of drug-likeness (QED) is 0.484. The Morgan fingerprint density at radius 2 is 1.57 bits per heavy atom. The Hall–Kier alpha value is -4.08. The van der Waals surface area contributed by atoms with Gasteiger partial charge in [-0.2, -0.15) is 5.10 Å². The first kappa shape index (κ1) is 20.6. The van der Waals surface area contributed by atoms with Crippen molar-refractivity contribution in [3.63, 3.8) is 0 Å². The third kappa shape index (κ3) is 4.32. The van der Waals surface area contributed by atoms with Crippen LogP contribution in [0, 0.1) is 41.0 Å². The highest BCUT2D eigenvalue weighted by atomic mass is 16.6. The maximum Gasteiger partial charge on any atom is 0.277 e. The summed E-state index contributed by atoms with van der Waals surface area (Å²) in [4.78, 5) is 33.2. The minimum atomic E-state index is -0.778. The summed E-state index contributed by atoms with van der Waals surface area (Å²) in [5.41, 5.74) is 2.66. The van der Waals surface area contributed by atoms with Gasteiger partial charge in [-0.25, -0.2) is 0 Å². The number of nitrogens with zero attached hydrogens (tertiary/aromatic N) is 4. The lowest BCUT2D eigenvalue weighted by molar-refractivity contribution is -0.394. The van der Waals surface area contributed by atoms with E-state index in [2.05, 4.69) is 10.4 Å². The average molecular weight is 409 g/mol. The second-order valence-corrected chi connectivity index (χ2v) is 6.90. The van der Waals surface area contributed by atoms with Crippen LogP contribution in [-0.4, -0.2) is 25.5 Å². The van der Waals surface area contributed by atoms with Gasteiger partial charge in [-0.1, -0.05) is 29.8 Å². The van der Waals surface area contributed by atoms with Gasteiger partial charge >= 0.3 is 0 Å². The monoisotopic (exact) mass is 409 g/mol. The van der Waals surface area contributed by atoms with E-state index in [1.54, 1.807) is 18.5 Å². The fourth-order valence-electron chi connectivity index (χ4n) is 3.02. The molecule has 2 aromatic carbocycles. The smallest absolute Gasteiger partial charge is 0.277 e. The Morgan fingerprint density at radius 3 is 2.10 bits per heavy atom. The number of carbonyl (C=O) groups is 1. The summed E-state index contributed by atoms with van der Waals surface area (Å²) in [6.45, 7) is 6.02. The van der Waals surface area contributed by atoms with Crippen LogP contribution >= 0.6 is 0 Å². The number of aryl methyl sites for hydroxylation is 2. The Morgan fingerprint density at radius 1 is 1.00 bits per heavy atom. The first-order valence-electron chi connectivity index (χ1n) is 9.00. The van der Waals surface area contributed by atoms with E-state index in [-0.39, 0.29) is 5.56 Å². The molecular weight excluding hydrogens is 390 g/mol. The van der Waals surface area contributed by atoms with E-state index in [4.69, 9.17) is 0 Å². The van der Waals surface area contributed by atoms with Crippen LogP contribution in [0.5, 0.6) is 0 Å². The maximum atomic E-state index is 12.7. The van der Waals surface area contributed by atoms with Crippen LogP contribution in [0.1, 0.15) is 32.9 Å². The topological polar surface area (TPSA) is 133 Å². The van der Waals surface area contributed by atoms with Crippen LogP contribution in [0.25, 0.3) is 0 Å². The molecule has 30 heavy (non-hydrogen) atoms. The molecule has 0 unspecified atom stereocenters. The second-order valence-electron chi connectivity index (χ2n) is 6.90. The molecule has 154 valence electrons. The number of nitro groups is 2. The van der Waals surface area contributed by atoms with Crippen molar-refractivity contribution in [2.45, 2.75) is 27.3 Å². The molecule has 1 heterocycles. The lowest BCUT2D eigenvalue weighted by Crippen LogP contribution is -2.14. The van der Waals surface area contributed by atoms with Gasteiger partial charge < -0.3 is 5.32 Å². The summed E-state index contributed by atoms with van der Waals surface area (Å²) in [6.07, 6.45) is 0. The van der Waals surface area contributed by atoms with Crippen molar-refractivity contribution in [3.8, 4) is 0 Å². The number of anilines is 1. The first-order valence-corrected chi connectivity index (χ1v) is 9.00. The summed E-state index contributed by atoms with van der Waals surface area (Å²) in [5.74, 6) is -0.692. The van der Waals surface area contributed by atoms with Crippen LogP contribution in [0.15, 0.2) is 42.5 Å². The lowest BCUT2D eigenvalue weighted by Gasteiger charge is -2.08. The third-order valence-corrected chi connectivity index (χ3v) is 4.66. The fraction of sp³-hybridized carbons (Fsp3) is 0.200. The largest absolute Gasteiger partial charge is 0.319 e. The van der Waals surface area contributed by atoms with Crippen LogP contribution in [0.4, 0.5) is 17.1 Å². The normalized spacial score (nSPS) is 10.6. The SMILES string of the molecule is Cc1ccc(Cn2nc(C)c(NC(=O)c3cc([N+](=O)[O-])cc([N+](=O)[O-])c3)c2C)cc1. The van der Waals surface area contributed by atoms with Crippen molar-refractivity contribution in [2.75, 3.05) is 5.32 Å². The van der Waals surface area contributed by atoms with Crippen LogP contribution in [0.2, 0.25) is 0 Å². The van der Waals surface area contributed by atoms with Crippen molar-refractivity contribution < 1.29 is 14.6 Å².